The minimum absolute atomic E-state index is 0.328. The van der Waals surface area contributed by atoms with E-state index in [0.717, 1.165) is 12.8 Å². The van der Waals surface area contributed by atoms with Crippen molar-refractivity contribution in [2.45, 2.75) is 44.2 Å². The average molecular weight is 207 g/mol. The Kier molecular flexibility index (Phi) is 3.61. The molecule has 3 heteroatoms. The molecule has 1 unspecified atom stereocenters. The highest BCUT2D eigenvalue weighted by molar-refractivity contribution is 4.91. The molecule has 2 aliphatic rings. The van der Waals surface area contributed by atoms with Crippen LogP contribution in [0.4, 0.5) is 0 Å². The molecule has 1 saturated heterocycles. The van der Waals surface area contributed by atoms with E-state index in [0.29, 0.717) is 18.0 Å². The highest BCUT2D eigenvalue weighted by Gasteiger charge is 2.25. The molecule has 1 aliphatic carbocycles. The summed E-state index contributed by atoms with van der Waals surface area (Å²) in [4.78, 5) is 2.39. The monoisotopic (exact) mass is 207 g/mol. The molecule has 0 aromatic heterocycles. The summed E-state index contributed by atoms with van der Waals surface area (Å²) in [5, 5.41) is 12.6. The van der Waals surface area contributed by atoms with Crippen molar-refractivity contribution in [2.75, 3.05) is 20.1 Å². The van der Waals surface area contributed by atoms with E-state index < -0.39 is 0 Å². The fourth-order valence-electron chi connectivity index (χ4n) is 2.79. The van der Waals surface area contributed by atoms with Crippen LogP contribution in [0.2, 0.25) is 0 Å². The third-order valence-electron chi connectivity index (χ3n) is 3.77. The largest absolute Gasteiger partial charge is 0.310 e. The van der Waals surface area contributed by atoms with Gasteiger partial charge in [-0.3, -0.25) is 0 Å². The molecule has 84 valence electrons. The smallest absolute Gasteiger partial charge is 0.0655 e. The van der Waals surface area contributed by atoms with Gasteiger partial charge in [-0.2, -0.15) is 5.26 Å². The van der Waals surface area contributed by atoms with Crippen molar-refractivity contribution in [3.05, 3.63) is 0 Å². The maximum absolute atomic E-state index is 8.82. The SMILES string of the molecule is CN1CCC(NC2CCC(C#N)CC2)C1. The van der Waals surface area contributed by atoms with Crippen LogP contribution in [0.25, 0.3) is 0 Å². The Bertz CT molecular complexity index is 238. The summed E-state index contributed by atoms with van der Waals surface area (Å²) >= 11 is 0. The molecule has 1 N–H and O–H groups in total. The van der Waals surface area contributed by atoms with Crippen LogP contribution in [-0.4, -0.2) is 37.1 Å². The lowest BCUT2D eigenvalue weighted by molar-refractivity contribution is 0.302. The maximum atomic E-state index is 8.82. The van der Waals surface area contributed by atoms with Crippen molar-refractivity contribution in [3.63, 3.8) is 0 Å². The van der Waals surface area contributed by atoms with Gasteiger partial charge in [0.15, 0.2) is 0 Å². The van der Waals surface area contributed by atoms with Gasteiger partial charge >= 0.3 is 0 Å². The zero-order chi connectivity index (χ0) is 10.7. The molecule has 0 spiro atoms. The van der Waals surface area contributed by atoms with Crippen molar-refractivity contribution >= 4 is 0 Å². The second-order valence-electron chi connectivity index (χ2n) is 5.09. The number of likely N-dealkylation sites (N-methyl/N-ethyl adjacent to an activating group) is 1. The molecular weight excluding hydrogens is 186 g/mol. The highest BCUT2D eigenvalue weighted by Crippen LogP contribution is 2.24. The van der Waals surface area contributed by atoms with Crippen LogP contribution in [0.3, 0.4) is 0 Å². The first-order valence-corrected chi connectivity index (χ1v) is 6.12. The molecule has 1 aliphatic heterocycles. The van der Waals surface area contributed by atoms with Gasteiger partial charge in [0.05, 0.1) is 6.07 Å². The summed E-state index contributed by atoms with van der Waals surface area (Å²) in [5.74, 6) is 0.328. The zero-order valence-electron chi connectivity index (χ0n) is 9.58. The summed E-state index contributed by atoms with van der Waals surface area (Å²) in [6, 6.07) is 3.75. The Morgan fingerprint density at radius 1 is 1.13 bits per heavy atom. The second kappa shape index (κ2) is 4.96. The number of hydrogen-bond acceptors (Lipinski definition) is 3. The van der Waals surface area contributed by atoms with Crippen molar-refractivity contribution in [1.82, 2.24) is 10.2 Å². The molecule has 2 fully saturated rings. The summed E-state index contributed by atoms with van der Waals surface area (Å²) in [7, 11) is 2.19. The third-order valence-corrected chi connectivity index (χ3v) is 3.77. The Hall–Kier alpha value is -0.590. The predicted molar refractivity (Wildman–Crippen MR) is 60.4 cm³/mol. The number of likely N-dealkylation sites (tertiary alicyclic amines) is 1. The van der Waals surface area contributed by atoms with Crippen LogP contribution in [0.15, 0.2) is 0 Å². The molecular formula is C12H21N3. The van der Waals surface area contributed by atoms with E-state index in [4.69, 9.17) is 5.26 Å². The molecule has 0 bridgehead atoms. The van der Waals surface area contributed by atoms with Crippen molar-refractivity contribution in [2.24, 2.45) is 5.92 Å². The first-order chi connectivity index (χ1) is 7.28. The summed E-state index contributed by atoms with van der Waals surface area (Å²) < 4.78 is 0. The Balaban J connectivity index is 1.71. The van der Waals surface area contributed by atoms with E-state index in [1.54, 1.807) is 0 Å². The first-order valence-electron chi connectivity index (χ1n) is 6.12. The highest BCUT2D eigenvalue weighted by atomic mass is 15.2. The predicted octanol–water partition coefficient (Wildman–Crippen LogP) is 1.36. The topological polar surface area (TPSA) is 39.1 Å². The van der Waals surface area contributed by atoms with Crippen molar-refractivity contribution in [1.29, 1.82) is 5.26 Å². The van der Waals surface area contributed by atoms with Crippen LogP contribution in [0.5, 0.6) is 0 Å². The van der Waals surface area contributed by atoms with Gasteiger partial charge in [-0.25, -0.2) is 0 Å². The Morgan fingerprint density at radius 2 is 1.87 bits per heavy atom. The molecule has 0 aromatic rings. The minimum Gasteiger partial charge on any atom is -0.310 e. The van der Waals surface area contributed by atoms with Gasteiger partial charge in [0.25, 0.3) is 0 Å². The van der Waals surface area contributed by atoms with Crippen LogP contribution in [0.1, 0.15) is 32.1 Å². The summed E-state index contributed by atoms with van der Waals surface area (Å²) in [6.07, 6.45) is 5.86. The maximum Gasteiger partial charge on any atom is 0.0655 e. The van der Waals surface area contributed by atoms with E-state index in [9.17, 15) is 0 Å². The molecule has 1 heterocycles. The average Bonchev–Trinajstić information content (AvgIpc) is 2.65. The lowest BCUT2D eigenvalue weighted by atomic mass is 9.86. The van der Waals surface area contributed by atoms with Crippen molar-refractivity contribution in [3.8, 4) is 6.07 Å². The van der Waals surface area contributed by atoms with E-state index in [2.05, 4.69) is 23.3 Å². The number of nitriles is 1. The lowest BCUT2D eigenvalue weighted by Gasteiger charge is -2.28. The molecule has 1 saturated carbocycles. The fourth-order valence-corrected chi connectivity index (χ4v) is 2.79. The Morgan fingerprint density at radius 3 is 2.40 bits per heavy atom. The standard InChI is InChI=1S/C12H21N3/c1-15-7-6-12(9-15)14-11-4-2-10(8-13)3-5-11/h10-12,14H,2-7,9H2,1H3. The van der Waals surface area contributed by atoms with Gasteiger partial charge in [-0.15, -0.1) is 0 Å². The van der Waals surface area contributed by atoms with Gasteiger partial charge < -0.3 is 10.2 Å². The van der Waals surface area contributed by atoms with Crippen LogP contribution in [-0.2, 0) is 0 Å². The van der Waals surface area contributed by atoms with Gasteiger partial charge in [0.1, 0.15) is 0 Å². The normalized spacial score (nSPS) is 37.7. The fraction of sp³-hybridized carbons (Fsp3) is 0.917. The zero-order valence-corrected chi connectivity index (χ0v) is 9.58. The molecule has 2 rings (SSSR count). The van der Waals surface area contributed by atoms with Crippen LogP contribution >= 0.6 is 0 Å². The molecule has 0 radical (unpaired) electrons. The van der Waals surface area contributed by atoms with E-state index in [1.807, 2.05) is 0 Å². The molecule has 3 nitrogen and oxygen atoms in total. The molecule has 15 heavy (non-hydrogen) atoms. The van der Waals surface area contributed by atoms with Crippen LogP contribution < -0.4 is 5.32 Å². The van der Waals surface area contributed by atoms with E-state index in [-0.39, 0.29) is 0 Å². The quantitative estimate of drug-likeness (QED) is 0.743. The van der Waals surface area contributed by atoms with Crippen LogP contribution in [0, 0.1) is 17.2 Å². The van der Waals surface area contributed by atoms with Gasteiger partial charge in [0, 0.05) is 24.5 Å². The second-order valence-corrected chi connectivity index (χ2v) is 5.09. The lowest BCUT2D eigenvalue weighted by Crippen LogP contribution is -2.41. The number of hydrogen-bond donors (Lipinski definition) is 1. The van der Waals surface area contributed by atoms with Crippen molar-refractivity contribution < 1.29 is 0 Å². The number of rotatable bonds is 2. The summed E-state index contributed by atoms with van der Waals surface area (Å²) in [5.41, 5.74) is 0. The molecule has 0 amide bonds. The van der Waals surface area contributed by atoms with Gasteiger partial charge in [-0.1, -0.05) is 0 Å². The van der Waals surface area contributed by atoms with Gasteiger partial charge in [-0.05, 0) is 45.7 Å². The van der Waals surface area contributed by atoms with E-state index in [1.165, 1.54) is 32.4 Å². The minimum atomic E-state index is 0.328. The molecule has 1 atom stereocenters. The number of nitrogens with zero attached hydrogens (tertiary/aromatic N) is 2. The summed E-state index contributed by atoms with van der Waals surface area (Å²) in [6.45, 7) is 2.42. The molecule has 0 aromatic carbocycles. The van der Waals surface area contributed by atoms with E-state index >= 15 is 0 Å². The Labute approximate surface area is 92.4 Å². The first kappa shape index (κ1) is 10.9. The third kappa shape index (κ3) is 2.93. The van der Waals surface area contributed by atoms with Gasteiger partial charge in [0.2, 0.25) is 0 Å². The number of nitrogens with one attached hydrogen (secondary N) is 1.